The van der Waals surface area contributed by atoms with E-state index in [1.165, 1.54) is 19.3 Å². The molecule has 0 heterocycles. The summed E-state index contributed by atoms with van der Waals surface area (Å²) >= 11 is 0. The summed E-state index contributed by atoms with van der Waals surface area (Å²) in [6.07, 6.45) is 7.66. The molecule has 0 aromatic heterocycles. The molecular weight excluding hydrogens is 182 g/mol. The lowest BCUT2D eigenvalue weighted by molar-refractivity contribution is 0.248. The summed E-state index contributed by atoms with van der Waals surface area (Å²) in [5.41, 5.74) is 0. The number of hydrogen-bond donors (Lipinski definition) is 1. The largest absolute Gasteiger partial charge is 0.314 e. The highest BCUT2D eigenvalue weighted by Crippen LogP contribution is 2.50. The molecule has 0 radical (unpaired) electrons. The maximum absolute atomic E-state index is 3.56. The molecule has 1 nitrogen and oxygen atoms in total. The van der Waals surface area contributed by atoms with Gasteiger partial charge in [0.05, 0.1) is 0 Å². The zero-order valence-electron chi connectivity index (χ0n) is 10.6. The molecule has 2 bridgehead atoms. The smallest absolute Gasteiger partial charge is 0.00643 e. The molecule has 88 valence electrons. The highest BCUT2D eigenvalue weighted by atomic mass is 14.9. The van der Waals surface area contributed by atoms with Gasteiger partial charge in [0.15, 0.2) is 0 Å². The third-order valence-corrected chi connectivity index (χ3v) is 4.94. The van der Waals surface area contributed by atoms with Crippen molar-refractivity contribution in [3.05, 3.63) is 0 Å². The van der Waals surface area contributed by atoms with Crippen molar-refractivity contribution in [3.63, 3.8) is 0 Å². The van der Waals surface area contributed by atoms with Gasteiger partial charge in [0.25, 0.3) is 0 Å². The van der Waals surface area contributed by atoms with Crippen LogP contribution >= 0.6 is 0 Å². The summed E-state index contributed by atoms with van der Waals surface area (Å²) in [5, 5.41) is 3.56. The van der Waals surface area contributed by atoms with Gasteiger partial charge in [0, 0.05) is 6.04 Å². The maximum atomic E-state index is 3.56. The lowest BCUT2D eigenvalue weighted by atomic mass is 9.81. The Bertz CT molecular complexity index is 202. The predicted molar refractivity (Wildman–Crippen MR) is 65.9 cm³/mol. The van der Waals surface area contributed by atoms with E-state index in [9.17, 15) is 0 Å². The fraction of sp³-hybridized carbons (Fsp3) is 1.00. The average molecular weight is 209 g/mol. The zero-order chi connectivity index (χ0) is 10.8. The van der Waals surface area contributed by atoms with E-state index in [1.54, 1.807) is 12.8 Å². The summed E-state index contributed by atoms with van der Waals surface area (Å²) in [6, 6.07) is 0.703. The van der Waals surface area contributed by atoms with E-state index in [4.69, 9.17) is 0 Å². The number of rotatable bonds is 5. The lowest BCUT2D eigenvalue weighted by Crippen LogP contribution is -2.33. The van der Waals surface area contributed by atoms with Gasteiger partial charge in [-0.25, -0.2) is 0 Å². The average Bonchev–Trinajstić information content (AvgIpc) is 2.79. The van der Waals surface area contributed by atoms with Gasteiger partial charge in [0.2, 0.25) is 0 Å². The van der Waals surface area contributed by atoms with E-state index in [2.05, 4.69) is 26.1 Å². The van der Waals surface area contributed by atoms with Gasteiger partial charge in [0.1, 0.15) is 0 Å². The second kappa shape index (κ2) is 4.86. The Morgan fingerprint density at radius 1 is 1.20 bits per heavy atom. The molecule has 2 saturated carbocycles. The van der Waals surface area contributed by atoms with Crippen LogP contribution in [0.5, 0.6) is 0 Å². The van der Waals surface area contributed by atoms with E-state index in [-0.39, 0.29) is 0 Å². The Morgan fingerprint density at radius 2 is 2.00 bits per heavy atom. The minimum Gasteiger partial charge on any atom is -0.314 e. The third-order valence-electron chi connectivity index (χ3n) is 4.94. The first-order chi connectivity index (χ1) is 7.20. The molecule has 2 aliphatic rings. The van der Waals surface area contributed by atoms with Gasteiger partial charge >= 0.3 is 0 Å². The van der Waals surface area contributed by atoms with Crippen LogP contribution in [0, 0.1) is 23.7 Å². The van der Waals surface area contributed by atoms with E-state index >= 15 is 0 Å². The Labute approximate surface area is 95.0 Å². The van der Waals surface area contributed by atoms with Crippen molar-refractivity contribution in [2.45, 2.75) is 58.9 Å². The molecule has 0 aromatic rings. The van der Waals surface area contributed by atoms with E-state index in [0.717, 1.165) is 30.2 Å². The van der Waals surface area contributed by atoms with Crippen LogP contribution in [0.25, 0.3) is 0 Å². The minimum absolute atomic E-state index is 0.703. The number of nitrogens with one attached hydrogen (secondary N) is 1. The van der Waals surface area contributed by atoms with Crippen LogP contribution in [-0.4, -0.2) is 12.6 Å². The molecule has 1 N–H and O–H groups in total. The van der Waals surface area contributed by atoms with Gasteiger partial charge in [-0.05, 0) is 62.8 Å². The van der Waals surface area contributed by atoms with Gasteiger partial charge in [-0.2, -0.15) is 0 Å². The molecule has 0 saturated heterocycles. The van der Waals surface area contributed by atoms with Crippen molar-refractivity contribution in [1.82, 2.24) is 5.32 Å². The minimum atomic E-state index is 0.703. The van der Waals surface area contributed by atoms with Crippen molar-refractivity contribution in [2.24, 2.45) is 23.7 Å². The van der Waals surface area contributed by atoms with E-state index in [0.29, 0.717) is 6.04 Å². The second-order valence-corrected chi connectivity index (χ2v) is 5.99. The monoisotopic (exact) mass is 209 g/mol. The number of hydrogen-bond acceptors (Lipinski definition) is 1. The quantitative estimate of drug-likeness (QED) is 0.731. The van der Waals surface area contributed by atoms with Crippen LogP contribution in [0.3, 0.4) is 0 Å². The molecule has 0 aromatic carbocycles. The molecular formula is C14H27N. The highest BCUT2D eigenvalue weighted by Gasteiger charge is 2.39. The molecule has 15 heavy (non-hydrogen) atoms. The standard InChI is InChI=1S/C14H27N/c1-4-15-11(3)10(2)7-14-9-12-5-6-13(14)8-12/h10-15H,4-9H2,1-3H3. The van der Waals surface area contributed by atoms with Crippen molar-refractivity contribution in [1.29, 1.82) is 0 Å². The van der Waals surface area contributed by atoms with E-state index < -0.39 is 0 Å². The molecule has 2 fully saturated rings. The van der Waals surface area contributed by atoms with Crippen molar-refractivity contribution in [3.8, 4) is 0 Å². The maximum Gasteiger partial charge on any atom is 0.00643 e. The summed E-state index contributed by atoms with van der Waals surface area (Å²) in [4.78, 5) is 0. The van der Waals surface area contributed by atoms with Crippen LogP contribution in [0.2, 0.25) is 0 Å². The van der Waals surface area contributed by atoms with Crippen molar-refractivity contribution >= 4 is 0 Å². The molecule has 2 aliphatic carbocycles. The Hall–Kier alpha value is -0.0400. The van der Waals surface area contributed by atoms with Crippen molar-refractivity contribution < 1.29 is 0 Å². The first-order valence-corrected chi connectivity index (χ1v) is 6.94. The predicted octanol–water partition coefficient (Wildman–Crippen LogP) is 3.45. The van der Waals surface area contributed by atoms with Crippen LogP contribution in [0.4, 0.5) is 0 Å². The Balaban J connectivity index is 1.77. The van der Waals surface area contributed by atoms with Crippen molar-refractivity contribution in [2.75, 3.05) is 6.54 Å². The molecule has 1 heteroatoms. The zero-order valence-corrected chi connectivity index (χ0v) is 10.6. The SMILES string of the molecule is CCNC(C)C(C)CC1CC2CCC1C2. The summed E-state index contributed by atoms with van der Waals surface area (Å²) in [6.45, 7) is 8.10. The lowest BCUT2D eigenvalue weighted by Gasteiger charge is -2.28. The summed E-state index contributed by atoms with van der Waals surface area (Å²) in [5.74, 6) is 4.14. The second-order valence-electron chi connectivity index (χ2n) is 5.99. The van der Waals surface area contributed by atoms with Crippen LogP contribution in [-0.2, 0) is 0 Å². The molecule has 0 aliphatic heterocycles. The third kappa shape index (κ3) is 2.55. The van der Waals surface area contributed by atoms with E-state index in [1.807, 2.05) is 0 Å². The molecule has 0 amide bonds. The fourth-order valence-corrected chi connectivity index (χ4v) is 3.87. The van der Waals surface area contributed by atoms with Crippen LogP contribution in [0.15, 0.2) is 0 Å². The summed E-state index contributed by atoms with van der Waals surface area (Å²) < 4.78 is 0. The fourth-order valence-electron chi connectivity index (χ4n) is 3.87. The Morgan fingerprint density at radius 3 is 2.53 bits per heavy atom. The normalized spacial score (nSPS) is 38.2. The topological polar surface area (TPSA) is 12.0 Å². The Kier molecular flexibility index (Phi) is 3.71. The number of fused-ring (bicyclic) bond motifs is 2. The van der Waals surface area contributed by atoms with Gasteiger partial charge < -0.3 is 5.32 Å². The highest BCUT2D eigenvalue weighted by molar-refractivity contribution is 4.91. The van der Waals surface area contributed by atoms with Gasteiger partial charge in [-0.1, -0.05) is 20.3 Å². The first kappa shape index (κ1) is 11.4. The molecule has 5 atom stereocenters. The first-order valence-electron chi connectivity index (χ1n) is 6.94. The molecule has 2 rings (SSSR count). The van der Waals surface area contributed by atoms with Gasteiger partial charge in [-0.15, -0.1) is 0 Å². The van der Waals surface area contributed by atoms with Crippen LogP contribution in [0.1, 0.15) is 52.9 Å². The van der Waals surface area contributed by atoms with Crippen LogP contribution < -0.4 is 5.32 Å². The molecule has 0 spiro atoms. The molecule has 5 unspecified atom stereocenters. The summed E-state index contributed by atoms with van der Waals surface area (Å²) in [7, 11) is 0. The van der Waals surface area contributed by atoms with Gasteiger partial charge in [-0.3, -0.25) is 0 Å².